The first-order chi connectivity index (χ1) is 49.5. The molecule has 112 heavy (non-hydrogen) atoms. The van der Waals surface area contributed by atoms with Crippen LogP contribution in [0.1, 0.15) is 134 Å². The summed E-state index contributed by atoms with van der Waals surface area (Å²) in [5.74, 6) is -7.41. The first kappa shape index (κ1) is 111. The van der Waals surface area contributed by atoms with Gasteiger partial charge in [-0.3, -0.25) is 39.1 Å². The summed E-state index contributed by atoms with van der Waals surface area (Å²) in [5.41, 5.74) is 28.3. The number of alkyl halides is 6. The Morgan fingerprint density at radius 1 is 0.241 bits per heavy atom. The molecule has 4 aromatic carbocycles. The van der Waals surface area contributed by atoms with E-state index in [1.54, 1.807) is 49.6 Å². The fraction of sp³-hybridized carbons (Fsp3) is 0.317. The van der Waals surface area contributed by atoms with Crippen molar-refractivity contribution in [2.75, 3.05) is 0 Å². The summed E-state index contributed by atoms with van der Waals surface area (Å²) in [6.45, 7) is 53.1. The fourth-order valence-corrected chi connectivity index (χ4v) is 9.97. The predicted molar refractivity (Wildman–Crippen MR) is 398 cm³/mol. The van der Waals surface area contributed by atoms with Crippen molar-refractivity contribution in [1.29, 1.82) is 0 Å². The zero-order valence-electron chi connectivity index (χ0n) is 66.5. The maximum atomic E-state index is 10.7. The number of carbonyl (C=O) groups is 4. The molecule has 10 rings (SSSR count). The molecule has 30 heteroatoms. The van der Waals surface area contributed by atoms with E-state index in [9.17, 15) is 65.9 Å². The van der Waals surface area contributed by atoms with Crippen LogP contribution in [0.25, 0.3) is 22.3 Å². The van der Waals surface area contributed by atoms with Gasteiger partial charge in [0, 0.05) is 49.6 Å². The SMILES string of the molecule is Cc1c(C)c(C)c(C)c(C)c1C.Cc1c(C)c(C)c(C)c(C)c1C.Cc1c(C)c(C)c(C)c(C)c1C.Cc1c(C)c(C)c(C)c(C)c1C.O=C1C=C([O-])C([O-])=CC1=O.O=C1C=C([O-])C([O-])=CC1=O.O=S(=O)([O-])C(F)(F)F.O=S(=O)([O-])C(F)(F)F.[Ru+2].[Ru+2].[Ru+].[Ru+].c1cc(-c2ccncc2)ccn1.c1cc(-c2ccncc2)ccn1. The molecule has 2 aliphatic rings. The van der Waals surface area contributed by atoms with Gasteiger partial charge in [0.2, 0.25) is 23.1 Å². The molecule has 0 atom stereocenters. The van der Waals surface area contributed by atoms with E-state index in [2.05, 4.69) is 186 Å². The van der Waals surface area contributed by atoms with Crippen molar-refractivity contribution >= 4 is 43.4 Å². The van der Waals surface area contributed by atoms with Crippen molar-refractivity contribution in [2.45, 2.75) is 177 Å². The van der Waals surface area contributed by atoms with Gasteiger partial charge in [0.25, 0.3) is 0 Å². The van der Waals surface area contributed by atoms with E-state index in [-0.39, 0.29) is 77.9 Å². The summed E-state index contributed by atoms with van der Waals surface area (Å²) in [6, 6.07) is 15.9. The van der Waals surface area contributed by atoms with Crippen LogP contribution in [-0.4, -0.2) is 80.0 Å². The van der Waals surface area contributed by atoms with Gasteiger partial charge in [0.1, 0.15) is 0 Å². The third kappa shape index (κ3) is 33.0. The maximum Gasteiger partial charge on any atom is 2.00 e. The molecule has 0 N–H and O–H groups in total. The van der Waals surface area contributed by atoms with Gasteiger partial charge in [-0.15, -0.1) is 23.0 Å². The first-order valence-corrected chi connectivity index (χ1v) is 35.8. The van der Waals surface area contributed by atoms with Crippen LogP contribution in [0, 0.1) is 166 Å². The largest absolute Gasteiger partial charge is 2.00 e. The van der Waals surface area contributed by atoms with E-state index in [1.165, 1.54) is 156 Å². The minimum Gasteiger partial charge on any atom is -0.873 e. The standard InChI is InChI=1S/4C12H18.2C10H8N2.2C6H4O4.2CHF3O3S.4Ru/c4*1-7-8(2)10(4)12(6)11(5)9(7)3;2*1-5-11-6-2-9(1)10-3-7-12-8-4-10;2*7-3-1-4(8)6(10)2-5(3)9;2*2-1(3,4)8(5,6)7;;;;/h4*1-6H3;2*1-8H;2*1-2,7,9H;2*(H,5,6,7);;;;/q;;;;;;;;;;2*+1;2*+2/p-6. The zero-order chi connectivity index (χ0) is 83.8. The monoisotopic (exact) mass is 1940 g/mol. The molecule has 8 aromatic rings. The molecule has 0 fully saturated rings. The molecule has 0 saturated carbocycles. The van der Waals surface area contributed by atoms with Gasteiger partial charge in [-0.25, -0.2) is 16.8 Å². The maximum absolute atomic E-state index is 10.7. The van der Waals surface area contributed by atoms with Gasteiger partial charge < -0.3 is 29.5 Å². The Bertz CT molecular complexity index is 3930. The van der Waals surface area contributed by atoms with Crippen molar-refractivity contribution in [2.24, 2.45) is 0 Å². The Kier molecular flexibility index (Phi) is 48.5. The number of nitrogens with zero attached hydrogens (tertiary/aromatic N) is 4. The summed E-state index contributed by atoms with van der Waals surface area (Å²) < 4.78 is 118. The Morgan fingerprint density at radius 2 is 0.321 bits per heavy atom. The van der Waals surface area contributed by atoms with E-state index in [4.69, 9.17) is 25.9 Å². The molecular weight excluding hydrogens is 1850 g/mol. The number of halogens is 6. The van der Waals surface area contributed by atoms with Crippen molar-refractivity contribution in [3.8, 4) is 22.3 Å². The summed E-state index contributed by atoms with van der Waals surface area (Å²) in [4.78, 5) is 57.2. The predicted octanol–water partition coefficient (Wildman–Crippen LogP) is 13.8. The van der Waals surface area contributed by atoms with Crippen LogP contribution < -0.4 is 20.4 Å². The minimum atomic E-state index is -6.09. The zero-order valence-corrected chi connectivity index (χ0v) is 75.1. The number of aromatic nitrogens is 4. The molecule has 4 heterocycles. The summed E-state index contributed by atoms with van der Waals surface area (Å²) in [5, 5.41) is 41.4. The minimum absolute atomic E-state index is 0. The molecule has 0 saturated heterocycles. The van der Waals surface area contributed by atoms with Crippen LogP contribution in [0.2, 0.25) is 0 Å². The van der Waals surface area contributed by atoms with Crippen molar-refractivity contribution in [3.05, 3.63) is 279 Å². The van der Waals surface area contributed by atoms with E-state index in [1.807, 2.05) is 48.5 Å². The number of ketones is 4. The number of hydrogen-bond acceptors (Lipinski definition) is 18. The van der Waals surface area contributed by atoms with Crippen LogP contribution in [0.5, 0.6) is 0 Å². The molecule has 4 aromatic heterocycles. The quantitative estimate of drug-likeness (QED) is 0.0387. The molecule has 0 amide bonds. The summed E-state index contributed by atoms with van der Waals surface area (Å²) >= 11 is 0. The number of rotatable bonds is 2. The third-order valence-corrected chi connectivity index (χ3v) is 20.6. The molecule has 18 nitrogen and oxygen atoms in total. The first-order valence-electron chi connectivity index (χ1n) is 33.0. The van der Waals surface area contributed by atoms with E-state index in [0.717, 1.165) is 0 Å². The van der Waals surface area contributed by atoms with Crippen molar-refractivity contribution in [1.82, 2.24) is 19.9 Å². The van der Waals surface area contributed by atoms with Gasteiger partial charge in [-0.2, -0.15) is 26.3 Å². The van der Waals surface area contributed by atoms with Crippen LogP contribution in [0.3, 0.4) is 0 Å². The third-order valence-electron chi connectivity index (χ3n) is 19.5. The Labute approximate surface area is 705 Å². The molecule has 0 bridgehead atoms. The fourth-order valence-electron chi connectivity index (χ4n) is 9.97. The Morgan fingerprint density at radius 3 is 0.393 bits per heavy atom. The Balaban J connectivity index is -0.000000578. The van der Waals surface area contributed by atoms with Gasteiger partial charge in [0.15, 0.2) is 20.2 Å². The number of hydrogen-bond donors (Lipinski definition) is 0. The second-order valence-electron chi connectivity index (χ2n) is 25.2. The smallest absolute Gasteiger partial charge is 0.873 e. The summed E-state index contributed by atoms with van der Waals surface area (Å²) in [7, 11) is -12.2. The number of pyridine rings is 4. The van der Waals surface area contributed by atoms with Gasteiger partial charge >= 0.3 is 88.9 Å². The molecule has 610 valence electrons. The van der Waals surface area contributed by atoms with Crippen LogP contribution >= 0.6 is 0 Å². The van der Waals surface area contributed by atoms with Crippen molar-refractivity contribution < 1.29 is 170 Å². The van der Waals surface area contributed by atoms with Crippen LogP contribution in [0.15, 0.2) is 145 Å². The Hall–Kier alpha value is -7.79. The van der Waals surface area contributed by atoms with Gasteiger partial charge in [0.05, 0.1) is 0 Å². The molecule has 0 aliphatic heterocycles. The van der Waals surface area contributed by atoms with E-state index < -0.39 is 77.4 Å². The van der Waals surface area contributed by atoms with Crippen molar-refractivity contribution in [3.63, 3.8) is 0 Å². The number of carbonyl (C=O) groups excluding carboxylic acids is 4. The van der Waals surface area contributed by atoms with Crippen LogP contribution in [-0.2, 0) is 117 Å². The molecular formula is C82H92F6N4O14Ru4S2. The molecule has 0 spiro atoms. The topological polar surface area (TPSA) is 326 Å². The average Bonchev–Trinajstić information content (AvgIpc) is 0.818. The number of benzene rings is 4. The van der Waals surface area contributed by atoms with E-state index in [0.29, 0.717) is 24.3 Å². The van der Waals surface area contributed by atoms with Gasteiger partial charge in [-0.05, 0) is 395 Å². The van der Waals surface area contributed by atoms with E-state index >= 15 is 0 Å². The summed E-state index contributed by atoms with van der Waals surface area (Å²) in [6.07, 6.45) is 16.3. The second kappa shape index (κ2) is 49.1. The normalized spacial score (nSPS) is 11.9. The molecule has 0 unspecified atom stereocenters. The van der Waals surface area contributed by atoms with Crippen LogP contribution in [0.4, 0.5) is 26.3 Å². The van der Waals surface area contributed by atoms with Gasteiger partial charge in [-0.1, -0.05) is 0 Å². The number of allylic oxidation sites excluding steroid dienone is 4. The molecule has 2 aliphatic carbocycles. The second-order valence-corrected chi connectivity index (χ2v) is 28.0. The average molecular weight is 1940 g/mol. The molecule has 2 radical (unpaired) electrons.